The summed E-state index contributed by atoms with van der Waals surface area (Å²) in [6, 6.07) is 9.72. The number of fused-ring (bicyclic) bond motifs is 1. The molecule has 3 saturated carbocycles. The largest absolute Gasteiger partial charge is 0.507 e. The molecular weight excluding hydrogens is 554 g/mol. The van der Waals surface area contributed by atoms with Gasteiger partial charge in [-0.05, 0) is 111 Å². The lowest BCUT2D eigenvalue weighted by Crippen LogP contribution is -2.43. The lowest BCUT2D eigenvalue weighted by Gasteiger charge is -2.40. The van der Waals surface area contributed by atoms with Crippen LogP contribution in [0.1, 0.15) is 68.2 Å². The summed E-state index contributed by atoms with van der Waals surface area (Å²) in [6.07, 6.45) is 11.2. The number of phenolic OH excluding ortho intramolecular Hbond substituents is 1. The second-order valence-corrected chi connectivity index (χ2v) is 13.9. The van der Waals surface area contributed by atoms with Crippen molar-refractivity contribution in [2.75, 3.05) is 36.8 Å². The quantitative estimate of drug-likeness (QED) is 0.372. The number of para-hydroxylation sites is 1. The van der Waals surface area contributed by atoms with Gasteiger partial charge in [0.25, 0.3) is 0 Å². The summed E-state index contributed by atoms with van der Waals surface area (Å²) in [5.41, 5.74) is 9.80. The van der Waals surface area contributed by atoms with E-state index in [4.69, 9.17) is 15.7 Å². The molecular formula is C34H41N7O3. The van der Waals surface area contributed by atoms with E-state index in [0.717, 1.165) is 88.6 Å². The molecule has 8 rings (SSSR count). The maximum Gasteiger partial charge on any atom is 0.306 e. The van der Waals surface area contributed by atoms with E-state index in [-0.39, 0.29) is 11.7 Å². The molecule has 5 aliphatic rings. The highest BCUT2D eigenvalue weighted by Gasteiger charge is 2.65. The molecule has 3 aliphatic carbocycles. The SMILES string of the molecule is Nc1nnc(-c2ccccc2O)cc1N1CC2CC(c3ncc(C4CCN([C@H]5CC[C@H](C(=O)O)CC5)CC4)cn3)C3C(C1)C23. The van der Waals surface area contributed by atoms with Gasteiger partial charge in [0.2, 0.25) is 0 Å². The molecule has 4 heterocycles. The van der Waals surface area contributed by atoms with Gasteiger partial charge in [0, 0.05) is 43.0 Å². The van der Waals surface area contributed by atoms with Crippen LogP contribution in [0.5, 0.6) is 5.75 Å². The number of piperidine rings is 2. The summed E-state index contributed by atoms with van der Waals surface area (Å²) in [4.78, 5) is 26.2. The minimum atomic E-state index is -0.626. The minimum Gasteiger partial charge on any atom is -0.507 e. The van der Waals surface area contributed by atoms with Crippen LogP contribution >= 0.6 is 0 Å². The average molecular weight is 596 g/mol. The first-order chi connectivity index (χ1) is 21.4. The van der Waals surface area contributed by atoms with Crippen LogP contribution < -0.4 is 10.6 Å². The number of anilines is 2. The highest BCUT2D eigenvalue weighted by molar-refractivity contribution is 5.74. The van der Waals surface area contributed by atoms with Crippen LogP contribution in [0, 0.1) is 29.6 Å². The van der Waals surface area contributed by atoms with Crippen molar-refractivity contribution in [1.82, 2.24) is 25.1 Å². The van der Waals surface area contributed by atoms with E-state index < -0.39 is 5.97 Å². The van der Waals surface area contributed by atoms with Gasteiger partial charge in [0.15, 0.2) is 5.82 Å². The Balaban J connectivity index is 0.884. The number of carboxylic acids is 1. The first-order valence-electron chi connectivity index (χ1n) is 16.4. The summed E-state index contributed by atoms with van der Waals surface area (Å²) < 4.78 is 0. The highest BCUT2D eigenvalue weighted by Crippen LogP contribution is 2.68. The molecule has 10 heteroatoms. The van der Waals surface area contributed by atoms with E-state index in [2.05, 4.69) is 32.4 Å². The van der Waals surface area contributed by atoms with Crippen molar-refractivity contribution in [3.05, 3.63) is 54.1 Å². The van der Waals surface area contributed by atoms with Crippen LogP contribution in [0.25, 0.3) is 11.3 Å². The number of likely N-dealkylation sites (tertiary alicyclic amines) is 1. The van der Waals surface area contributed by atoms with Crippen molar-refractivity contribution in [3.8, 4) is 17.0 Å². The molecule has 2 saturated heterocycles. The number of nitrogens with zero attached hydrogens (tertiary/aromatic N) is 6. The smallest absolute Gasteiger partial charge is 0.306 e. The molecule has 0 amide bonds. The molecule has 0 radical (unpaired) electrons. The lowest BCUT2D eigenvalue weighted by molar-refractivity contribution is -0.143. The van der Waals surface area contributed by atoms with E-state index in [1.165, 1.54) is 5.56 Å². The summed E-state index contributed by atoms with van der Waals surface area (Å²) >= 11 is 0. The first-order valence-corrected chi connectivity index (χ1v) is 16.4. The Morgan fingerprint density at radius 2 is 1.68 bits per heavy atom. The molecule has 10 nitrogen and oxygen atoms in total. The van der Waals surface area contributed by atoms with Crippen LogP contribution in [0.2, 0.25) is 0 Å². The standard InChI is InChI=1S/C34H41N7O3/c35-32-28(14-27(38-39-32)24-3-1-2-4-29(24)42)41-17-21-13-25(31-26(18-41)30(21)31)33-36-15-22(16-37-33)19-9-11-40(12-10-19)23-7-5-20(6-8-23)34(43)44/h1-4,14-16,19-21,23,25-26,30-31,42H,5-13,17-18H2,(H2,35,39)(H,43,44)/t20-,21?,23-,25?,26?,30?,31?. The van der Waals surface area contributed by atoms with Crippen molar-refractivity contribution in [1.29, 1.82) is 0 Å². The summed E-state index contributed by atoms with van der Waals surface area (Å²) in [5, 5.41) is 28.2. The third-order valence-corrected chi connectivity index (χ3v) is 11.7. The van der Waals surface area contributed by atoms with E-state index in [1.54, 1.807) is 12.1 Å². The average Bonchev–Trinajstić information content (AvgIpc) is 3.64. The fourth-order valence-electron chi connectivity index (χ4n) is 9.33. The summed E-state index contributed by atoms with van der Waals surface area (Å²) in [6.45, 7) is 4.05. The number of hydrogen-bond acceptors (Lipinski definition) is 9. The number of rotatable bonds is 6. The van der Waals surface area contributed by atoms with Gasteiger partial charge in [0.05, 0.1) is 17.3 Å². The highest BCUT2D eigenvalue weighted by atomic mass is 16.4. The molecule has 5 fully saturated rings. The Hall–Kier alpha value is -3.79. The molecule has 5 atom stereocenters. The second kappa shape index (κ2) is 11.0. The fourth-order valence-corrected chi connectivity index (χ4v) is 9.33. The number of benzene rings is 1. The van der Waals surface area contributed by atoms with Gasteiger partial charge in [-0.3, -0.25) is 4.79 Å². The van der Waals surface area contributed by atoms with Crippen LogP contribution in [-0.2, 0) is 4.79 Å². The molecule has 2 aliphatic heterocycles. The number of carbonyl (C=O) groups is 1. The number of phenols is 1. The molecule has 230 valence electrons. The molecule has 5 unspecified atom stereocenters. The number of nitrogen functional groups attached to an aromatic ring is 1. The van der Waals surface area contributed by atoms with Crippen LogP contribution in [-0.4, -0.2) is 73.5 Å². The zero-order chi connectivity index (χ0) is 29.9. The Morgan fingerprint density at radius 3 is 2.39 bits per heavy atom. The van der Waals surface area contributed by atoms with E-state index in [9.17, 15) is 15.0 Å². The zero-order valence-corrected chi connectivity index (χ0v) is 25.0. The number of carboxylic acid groups (broad SMARTS) is 1. The lowest BCUT2D eigenvalue weighted by atomic mass is 9.83. The molecule has 4 N–H and O–H groups in total. The second-order valence-electron chi connectivity index (χ2n) is 13.9. The van der Waals surface area contributed by atoms with Gasteiger partial charge in [-0.25, -0.2) is 9.97 Å². The van der Waals surface area contributed by atoms with Gasteiger partial charge < -0.3 is 25.7 Å². The first kappa shape index (κ1) is 27.7. The molecule has 1 aromatic carbocycles. The van der Waals surface area contributed by atoms with Crippen LogP contribution in [0.4, 0.5) is 11.5 Å². The maximum absolute atomic E-state index is 11.3. The molecule has 0 spiro atoms. The predicted octanol–water partition coefficient (Wildman–Crippen LogP) is 4.53. The van der Waals surface area contributed by atoms with Crippen molar-refractivity contribution in [3.63, 3.8) is 0 Å². The van der Waals surface area contributed by atoms with E-state index >= 15 is 0 Å². The number of nitrogens with two attached hydrogens (primary N) is 1. The normalized spacial score (nSPS) is 31.9. The monoisotopic (exact) mass is 595 g/mol. The van der Waals surface area contributed by atoms with Crippen molar-refractivity contribution >= 4 is 17.5 Å². The molecule has 0 bridgehead atoms. The van der Waals surface area contributed by atoms with Gasteiger partial charge in [0.1, 0.15) is 11.6 Å². The van der Waals surface area contributed by atoms with Gasteiger partial charge in [-0.15, -0.1) is 10.2 Å². The molecule has 2 aromatic heterocycles. The van der Waals surface area contributed by atoms with Crippen LogP contribution in [0.3, 0.4) is 0 Å². The van der Waals surface area contributed by atoms with Gasteiger partial charge >= 0.3 is 5.97 Å². The number of hydrogen-bond donors (Lipinski definition) is 3. The third kappa shape index (κ3) is 4.87. The molecule has 3 aromatic rings. The van der Waals surface area contributed by atoms with Crippen molar-refractivity contribution in [2.45, 2.75) is 62.8 Å². The van der Waals surface area contributed by atoms with E-state index in [0.29, 0.717) is 52.7 Å². The Kier molecular flexibility index (Phi) is 6.92. The minimum absolute atomic E-state index is 0.148. The summed E-state index contributed by atoms with van der Waals surface area (Å²) in [5.74, 6) is 4.37. The number of aromatic nitrogens is 4. The van der Waals surface area contributed by atoms with Gasteiger partial charge in [-0.1, -0.05) is 12.1 Å². The van der Waals surface area contributed by atoms with Crippen molar-refractivity contribution in [2.24, 2.45) is 29.6 Å². The predicted molar refractivity (Wildman–Crippen MR) is 166 cm³/mol. The number of aromatic hydroxyl groups is 1. The third-order valence-electron chi connectivity index (χ3n) is 11.7. The molecule has 44 heavy (non-hydrogen) atoms. The zero-order valence-electron chi connectivity index (χ0n) is 25.0. The van der Waals surface area contributed by atoms with Gasteiger partial charge in [-0.2, -0.15) is 0 Å². The van der Waals surface area contributed by atoms with E-state index in [1.807, 2.05) is 18.2 Å². The summed E-state index contributed by atoms with van der Waals surface area (Å²) in [7, 11) is 0. The number of aliphatic carboxylic acids is 1. The maximum atomic E-state index is 11.3. The Labute approximate surface area is 257 Å². The van der Waals surface area contributed by atoms with Crippen molar-refractivity contribution < 1.29 is 15.0 Å². The Bertz CT molecular complexity index is 1530. The Morgan fingerprint density at radius 1 is 0.932 bits per heavy atom. The topological polar surface area (TPSA) is 142 Å². The fraction of sp³-hybridized carbons (Fsp3) is 0.559. The van der Waals surface area contributed by atoms with Crippen LogP contribution in [0.15, 0.2) is 42.7 Å².